The number of aryl methyl sites for hydroxylation is 2. The van der Waals surface area contributed by atoms with Crippen LogP contribution in [0.2, 0.25) is 0 Å². The SMILES string of the molecule is Cc1oc2ncnc(NCC(O)c3ccc(OC(F)F)cc3)c2c1C. The molecule has 1 atom stereocenters. The number of nitrogens with one attached hydrogen (secondary N) is 1. The number of nitrogens with zero attached hydrogens (tertiary/aromatic N) is 2. The Labute approximate surface area is 142 Å². The Morgan fingerprint density at radius 3 is 2.60 bits per heavy atom. The number of aromatic nitrogens is 2. The van der Waals surface area contributed by atoms with E-state index < -0.39 is 12.7 Å². The van der Waals surface area contributed by atoms with Gasteiger partial charge in [-0.3, -0.25) is 0 Å². The number of aliphatic hydroxyl groups excluding tert-OH is 1. The van der Waals surface area contributed by atoms with E-state index in [4.69, 9.17) is 4.42 Å². The quantitative estimate of drug-likeness (QED) is 0.708. The maximum atomic E-state index is 12.1. The molecule has 3 rings (SSSR count). The highest BCUT2D eigenvalue weighted by molar-refractivity contribution is 5.89. The Morgan fingerprint density at radius 2 is 1.92 bits per heavy atom. The topological polar surface area (TPSA) is 80.4 Å². The van der Waals surface area contributed by atoms with E-state index in [9.17, 15) is 13.9 Å². The lowest BCUT2D eigenvalue weighted by Crippen LogP contribution is -2.13. The van der Waals surface area contributed by atoms with Crippen molar-refractivity contribution in [3.05, 3.63) is 47.5 Å². The maximum absolute atomic E-state index is 12.1. The van der Waals surface area contributed by atoms with Crippen molar-refractivity contribution in [1.82, 2.24) is 9.97 Å². The normalized spacial score (nSPS) is 12.6. The molecule has 2 heterocycles. The van der Waals surface area contributed by atoms with Gasteiger partial charge in [-0.2, -0.15) is 8.78 Å². The molecule has 0 aliphatic heterocycles. The fourth-order valence-corrected chi connectivity index (χ4v) is 2.50. The van der Waals surface area contributed by atoms with Crippen LogP contribution in [-0.2, 0) is 0 Å². The largest absolute Gasteiger partial charge is 0.443 e. The summed E-state index contributed by atoms with van der Waals surface area (Å²) in [7, 11) is 0. The molecule has 1 aromatic carbocycles. The minimum atomic E-state index is -2.88. The van der Waals surface area contributed by atoms with Gasteiger partial charge in [0, 0.05) is 12.1 Å². The summed E-state index contributed by atoms with van der Waals surface area (Å²) >= 11 is 0. The molecule has 0 spiro atoms. The maximum Gasteiger partial charge on any atom is 0.387 e. The summed E-state index contributed by atoms with van der Waals surface area (Å²) < 4.78 is 34.1. The summed E-state index contributed by atoms with van der Waals surface area (Å²) in [6.45, 7) is 1.07. The second-order valence-corrected chi connectivity index (χ2v) is 5.53. The van der Waals surface area contributed by atoms with Gasteiger partial charge in [-0.25, -0.2) is 9.97 Å². The third-order valence-electron chi connectivity index (χ3n) is 3.92. The van der Waals surface area contributed by atoms with Crippen LogP contribution < -0.4 is 10.1 Å². The first-order valence-electron chi connectivity index (χ1n) is 7.63. The van der Waals surface area contributed by atoms with Crippen LogP contribution in [0.25, 0.3) is 11.1 Å². The molecule has 0 amide bonds. The second-order valence-electron chi connectivity index (χ2n) is 5.53. The van der Waals surface area contributed by atoms with E-state index in [2.05, 4.69) is 20.0 Å². The number of alkyl halides is 2. The molecule has 0 saturated carbocycles. The highest BCUT2D eigenvalue weighted by atomic mass is 19.3. The summed E-state index contributed by atoms with van der Waals surface area (Å²) in [4.78, 5) is 8.28. The molecule has 8 heteroatoms. The van der Waals surface area contributed by atoms with Gasteiger partial charge in [0.05, 0.1) is 11.5 Å². The molecular formula is C17H17F2N3O3. The Bertz CT molecular complexity index is 865. The number of rotatable bonds is 6. The van der Waals surface area contributed by atoms with Crippen molar-refractivity contribution < 1.29 is 23.0 Å². The summed E-state index contributed by atoms with van der Waals surface area (Å²) in [5.41, 5.74) is 1.98. The van der Waals surface area contributed by atoms with Gasteiger partial charge in [-0.05, 0) is 31.5 Å². The van der Waals surface area contributed by atoms with Crippen LogP contribution in [0.5, 0.6) is 5.75 Å². The first-order chi connectivity index (χ1) is 12.0. The number of hydrogen-bond acceptors (Lipinski definition) is 6. The van der Waals surface area contributed by atoms with Gasteiger partial charge < -0.3 is 19.6 Å². The average molecular weight is 349 g/mol. The highest BCUT2D eigenvalue weighted by Gasteiger charge is 2.15. The molecule has 132 valence electrons. The van der Waals surface area contributed by atoms with Gasteiger partial charge >= 0.3 is 6.61 Å². The number of benzene rings is 1. The first kappa shape index (κ1) is 17.1. The summed E-state index contributed by atoms with van der Waals surface area (Å²) in [5, 5.41) is 14.1. The van der Waals surface area contributed by atoms with E-state index in [0.717, 1.165) is 16.7 Å². The Kier molecular flexibility index (Phi) is 4.80. The summed E-state index contributed by atoms with van der Waals surface area (Å²) in [5.74, 6) is 1.37. The number of hydrogen-bond donors (Lipinski definition) is 2. The van der Waals surface area contributed by atoms with E-state index >= 15 is 0 Å². The standard InChI is InChI=1S/C17H17F2N3O3/c1-9-10(2)24-16-14(9)15(21-8-22-16)20-7-13(23)11-3-5-12(6-4-11)25-17(18)19/h3-6,8,13,17,23H,7H2,1-2H3,(H,20,21,22). The zero-order chi connectivity index (χ0) is 18.0. The van der Waals surface area contributed by atoms with E-state index in [1.165, 1.54) is 30.6 Å². The van der Waals surface area contributed by atoms with Gasteiger partial charge in [0.15, 0.2) is 0 Å². The lowest BCUT2D eigenvalue weighted by atomic mass is 10.1. The minimum absolute atomic E-state index is 0.0425. The van der Waals surface area contributed by atoms with Crippen LogP contribution in [0.1, 0.15) is 23.0 Å². The first-order valence-corrected chi connectivity index (χ1v) is 7.63. The minimum Gasteiger partial charge on any atom is -0.443 e. The Morgan fingerprint density at radius 1 is 1.20 bits per heavy atom. The molecule has 1 unspecified atom stereocenters. The summed E-state index contributed by atoms with van der Waals surface area (Å²) in [6.07, 6.45) is 0.537. The van der Waals surface area contributed by atoms with E-state index in [-0.39, 0.29) is 12.3 Å². The van der Waals surface area contributed by atoms with Crippen LogP contribution in [0.3, 0.4) is 0 Å². The molecule has 0 fully saturated rings. The van der Waals surface area contributed by atoms with Crippen molar-refractivity contribution >= 4 is 16.9 Å². The monoisotopic (exact) mass is 349 g/mol. The van der Waals surface area contributed by atoms with Crippen LogP contribution in [0.15, 0.2) is 35.0 Å². The van der Waals surface area contributed by atoms with E-state index in [1.807, 2.05) is 13.8 Å². The molecule has 0 bridgehead atoms. The van der Waals surface area contributed by atoms with E-state index in [1.54, 1.807) is 0 Å². The van der Waals surface area contributed by atoms with Crippen molar-refractivity contribution in [1.29, 1.82) is 0 Å². The van der Waals surface area contributed by atoms with Crippen molar-refractivity contribution in [3.8, 4) is 5.75 Å². The van der Waals surface area contributed by atoms with Crippen LogP contribution >= 0.6 is 0 Å². The van der Waals surface area contributed by atoms with Crippen molar-refractivity contribution in [2.24, 2.45) is 0 Å². The van der Waals surface area contributed by atoms with Gasteiger partial charge in [0.2, 0.25) is 5.71 Å². The zero-order valence-corrected chi connectivity index (χ0v) is 13.7. The molecule has 3 aromatic rings. The Hall–Kier alpha value is -2.74. The van der Waals surface area contributed by atoms with Crippen molar-refractivity contribution in [2.75, 3.05) is 11.9 Å². The molecule has 2 aromatic heterocycles. The third kappa shape index (κ3) is 3.69. The third-order valence-corrected chi connectivity index (χ3v) is 3.92. The zero-order valence-electron chi connectivity index (χ0n) is 13.7. The molecule has 0 radical (unpaired) electrons. The van der Waals surface area contributed by atoms with Gasteiger partial charge in [-0.1, -0.05) is 12.1 Å². The van der Waals surface area contributed by atoms with Crippen LogP contribution in [0.4, 0.5) is 14.6 Å². The van der Waals surface area contributed by atoms with Gasteiger partial charge in [0.1, 0.15) is 23.7 Å². The predicted octanol–water partition coefficient (Wildman–Crippen LogP) is 3.59. The fraction of sp³-hybridized carbons (Fsp3) is 0.294. The summed E-state index contributed by atoms with van der Waals surface area (Å²) in [6, 6.07) is 5.84. The second kappa shape index (κ2) is 7.02. The molecule has 0 aliphatic rings. The molecule has 0 aliphatic carbocycles. The molecule has 6 nitrogen and oxygen atoms in total. The molecule has 25 heavy (non-hydrogen) atoms. The predicted molar refractivity (Wildman–Crippen MR) is 87.8 cm³/mol. The number of furan rings is 1. The lowest BCUT2D eigenvalue weighted by molar-refractivity contribution is -0.0498. The van der Waals surface area contributed by atoms with Crippen molar-refractivity contribution in [3.63, 3.8) is 0 Å². The number of aliphatic hydroxyl groups is 1. The lowest BCUT2D eigenvalue weighted by Gasteiger charge is -2.14. The van der Waals surface area contributed by atoms with Gasteiger partial charge in [-0.15, -0.1) is 0 Å². The van der Waals surface area contributed by atoms with Gasteiger partial charge in [0.25, 0.3) is 0 Å². The van der Waals surface area contributed by atoms with Crippen LogP contribution in [0, 0.1) is 13.8 Å². The smallest absolute Gasteiger partial charge is 0.387 e. The van der Waals surface area contributed by atoms with E-state index in [0.29, 0.717) is 17.1 Å². The molecular weight excluding hydrogens is 332 g/mol. The fourth-order valence-electron chi connectivity index (χ4n) is 2.50. The highest BCUT2D eigenvalue weighted by Crippen LogP contribution is 2.28. The number of anilines is 1. The number of fused-ring (bicyclic) bond motifs is 1. The number of halogens is 2. The van der Waals surface area contributed by atoms with Crippen LogP contribution in [-0.4, -0.2) is 28.2 Å². The Balaban J connectivity index is 1.71. The van der Waals surface area contributed by atoms with Crippen molar-refractivity contribution in [2.45, 2.75) is 26.6 Å². The molecule has 0 saturated heterocycles. The molecule has 2 N–H and O–H groups in total. The average Bonchev–Trinajstić information content (AvgIpc) is 2.88. The number of ether oxygens (including phenoxy) is 1.